The average molecular weight is 301 g/mol. The number of para-hydroxylation sites is 1. The Morgan fingerprint density at radius 1 is 1.14 bits per heavy atom. The number of carbonyl (C=O) groups is 1. The summed E-state index contributed by atoms with van der Waals surface area (Å²) >= 11 is 0. The highest BCUT2D eigenvalue weighted by atomic mass is 19.1. The van der Waals surface area contributed by atoms with Crippen LogP contribution >= 0.6 is 0 Å². The second kappa shape index (κ2) is 7.59. The van der Waals surface area contributed by atoms with Crippen LogP contribution in [-0.2, 0) is 11.2 Å². The quantitative estimate of drug-likeness (QED) is 0.820. The molecule has 3 nitrogen and oxygen atoms in total. The van der Waals surface area contributed by atoms with E-state index >= 15 is 0 Å². The van der Waals surface area contributed by atoms with Crippen molar-refractivity contribution in [3.05, 3.63) is 65.5 Å². The molecule has 4 heteroatoms. The SMILES string of the molecule is Cc1ccccc1OCCN(C)C(=O)Cc1ccccc1F. The minimum Gasteiger partial charge on any atom is -0.491 e. The van der Waals surface area contributed by atoms with E-state index in [-0.39, 0.29) is 18.1 Å². The minimum atomic E-state index is -0.347. The molecule has 0 spiro atoms. The van der Waals surface area contributed by atoms with Gasteiger partial charge < -0.3 is 9.64 Å². The van der Waals surface area contributed by atoms with Gasteiger partial charge in [-0.05, 0) is 30.2 Å². The van der Waals surface area contributed by atoms with Crippen LogP contribution in [0.5, 0.6) is 5.75 Å². The maximum absolute atomic E-state index is 13.5. The molecule has 0 saturated carbocycles. The lowest BCUT2D eigenvalue weighted by Crippen LogP contribution is -2.32. The van der Waals surface area contributed by atoms with Crippen LogP contribution in [-0.4, -0.2) is 31.0 Å². The number of likely N-dealkylation sites (N-methyl/N-ethyl adjacent to an activating group) is 1. The molecule has 116 valence electrons. The van der Waals surface area contributed by atoms with Gasteiger partial charge in [-0.3, -0.25) is 4.79 Å². The Bertz CT molecular complexity index is 642. The first-order chi connectivity index (χ1) is 10.6. The zero-order valence-corrected chi connectivity index (χ0v) is 12.9. The van der Waals surface area contributed by atoms with Gasteiger partial charge >= 0.3 is 0 Å². The highest BCUT2D eigenvalue weighted by molar-refractivity contribution is 5.78. The van der Waals surface area contributed by atoms with Crippen molar-refractivity contribution in [2.75, 3.05) is 20.2 Å². The zero-order valence-electron chi connectivity index (χ0n) is 12.9. The summed E-state index contributed by atoms with van der Waals surface area (Å²) in [5.74, 6) is 0.344. The Morgan fingerprint density at radius 3 is 2.55 bits per heavy atom. The number of ether oxygens (including phenoxy) is 1. The third-order valence-electron chi connectivity index (χ3n) is 3.50. The number of benzene rings is 2. The Hall–Kier alpha value is -2.36. The fraction of sp³-hybridized carbons (Fsp3) is 0.278. The smallest absolute Gasteiger partial charge is 0.226 e. The molecule has 2 aromatic carbocycles. The summed E-state index contributed by atoms with van der Waals surface area (Å²) in [7, 11) is 1.70. The molecule has 0 unspecified atom stereocenters. The number of aryl methyl sites for hydroxylation is 1. The number of halogens is 1. The van der Waals surface area contributed by atoms with Crippen molar-refractivity contribution in [1.29, 1.82) is 0 Å². The van der Waals surface area contributed by atoms with E-state index in [2.05, 4.69) is 0 Å². The Balaban J connectivity index is 1.82. The minimum absolute atomic E-state index is 0.0630. The van der Waals surface area contributed by atoms with Gasteiger partial charge in [0.15, 0.2) is 0 Å². The van der Waals surface area contributed by atoms with E-state index in [0.717, 1.165) is 11.3 Å². The van der Waals surface area contributed by atoms with E-state index in [0.29, 0.717) is 18.7 Å². The van der Waals surface area contributed by atoms with Crippen LogP contribution in [0, 0.1) is 12.7 Å². The molecule has 0 radical (unpaired) electrons. The molecule has 0 aliphatic rings. The van der Waals surface area contributed by atoms with Crippen LogP contribution in [0.1, 0.15) is 11.1 Å². The average Bonchev–Trinajstić information content (AvgIpc) is 2.51. The first-order valence-corrected chi connectivity index (χ1v) is 7.23. The molecule has 0 atom stereocenters. The van der Waals surface area contributed by atoms with Gasteiger partial charge in [0.25, 0.3) is 0 Å². The Morgan fingerprint density at radius 2 is 1.82 bits per heavy atom. The molecular formula is C18H20FNO2. The topological polar surface area (TPSA) is 29.5 Å². The van der Waals surface area contributed by atoms with Gasteiger partial charge in [0, 0.05) is 7.05 Å². The van der Waals surface area contributed by atoms with Gasteiger partial charge in [-0.1, -0.05) is 36.4 Å². The summed E-state index contributed by atoms with van der Waals surface area (Å²) in [6.45, 7) is 2.84. The van der Waals surface area contributed by atoms with E-state index in [1.807, 2.05) is 31.2 Å². The zero-order chi connectivity index (χ0) is 15.9. The first kappa shape index (κ1) is 16.0. The van der Waals surface area contributed by atoms with E-state index in [1.54, 1.807) is 30.1 Å². The molecule has 2 aromatic rings. The van der Waals surface area contributed by atoms with Crippen molar-refractivity contribution >= 4 is 5.91 Å². The summed E-state index contributed by atoms with van der Waals surface area (Å²) in [4.78, 5) is 13.6. The lowest BCUT2D eigenvalue weighted by atomic mass is 10.1. The molecule has 22 heavy (non-hydrogen) atoms. The van der Waals surface area contributed by atoms with Crippen LogP contribution in [0.3, 0.4) is 0 Å². The van der Waals surface area contributed by atoms with Gasteiger partial charge in [0.1, 0.15) is 18.2 Å². The van der Waals surface area contributed by atoms with Crippen molar-refractivity contribution in [3.63, 3.8) is 0 Å². The van der Waals surface area contributed by atoms with E-state index < -0.39 is 0 Å². The predicted octanol–water partition coefficient (Wildman–Crippen LogP) is 3.21. The number of hydrogen-bond acceptors (Lipinski definition) is 2. The van der Waals surface area contributed by atoms with E-state index in [4.69, 9.17) is 4.74 Å². The van der Waals surface area contributed by atoms with Crippen LogP contribution in [0.25, 0.3) is 0 Å². The van der Waals surface area contributed by atoms with Gasteiger partial charge in [-0.25, -0.2) is 4.39 Å². The number of amides is 1. The van der Waals surface area contributed by atoms with Gasteiger partial charge in [-0.2, -0.15) is 0 Å². The number of nitrogens with zero attached hydrogens (tertiary/aromatic N) is 1. The molecule has 0 aliphatic heterocycles. The van der Waals surface area contributed by atoms with Gasteiger partial charge in [0.05, 0.1) is 13.0 Å². The summed E-state index contributed by atoms with van der Waals surface area (Å²) in [6.07, 6.45) is 0.0630. The fourth-order valence-corrected chi connectivity index (χ4v) is 2.08. The summed E-state index contributed by atoms with van der Waals surface area (Å²) in [6, 6.07) is 14.1. The van der Waals surface area contributed by atoms with Crippen LogP contribution in [0.15, 0.2) is 48.5 Å². The molecule has 0 N–H and O–H groups in total. The third kappa shape index (κ3) is 4.32. The molecular weight excluding hydrogens is 281 g/mol. The van der Waals surface area contributed by atoms with Crippen molar-refractivity contribution in [2.24, 2.45) is 0 Å². The first-order valence-electron chi connectivity index (χ1n) is 7.23. The molecule has 2 rings (SSSR count). The largest absolute Gasteiger partial charge is 0.491 e. The van der Waals surface area contributed by atoms with Gasteiger partial charge in [0.2, 0.25) is 5.91 Å². The molecule has 0 saturated heterocycles. The van der Waals surface area contributed by atoms with E-state index in [1.165, 1.54) is 6.07 Å². The van der Waals surface area contributed by atoms with Crippen LogP contribution in [0.4, 0.5) is 4.39 Å². The summed E-state index contributed by atoms with van der Waals surface area (Å²) < 4.78 is 19.2. The molecule has 0 bridgehead atoms. The maximum atomic E-state index is 13.5. The Kier molecular flexibility index (Phi) is 5.53. The van der Waals surface area contributed by atoms with E-state index in [9.17, 15) is 9.18 Å². The molecule has 0 heterocycles. The summed E-state index contributed by atoms with van der Waals surface area (Å²) in [5.41, 5.74) is 1.47. The van der Waals surface area contributed by atoms with Crippen molar-refractivity contribution < 1.29 is 13.9 Å². The fourth-order valence-electron chi connectivity index (χ4n) is 2.08. The van der Waals surface area contributed by atoms with Gasteiger partial charge in [-0.15, -0.1) is 0 Å². The monoisotopic (exact) mass is 301 g/mol. The molecule has 0 aliphatic carbocycles. The highest BCUT2D eigenvalue weighted by Gasteiger charge is 2.12. The lowest BCUT2D eigenvalue weighted by molar-refractivity contribution is -0.129. The third-order valence-corrected chi connectivity index (χ3v) is 3.50. The van der Waals surface area contributed by atoms with Crippen molar-refractivity contribution in [1.82, 2.24) is 4.90 Å². The maximum Gasteiger partial charge on any atom is 0.226 e. The standard InChI is InChI=1S/C18H20FNO2/c1-14-7-3-6-10-17(14)22-12-11-20(2)18(21)13-15-8-4-5-9-16(15)19/h3-10H,11-13H2,1-2H3. The second-order valence-electron chi connectivity index (χ2n) is 5.20. The lowest BCUT2D eigenvalue weighted by Gasteiger charge is -2.18. The molecule has 0 aromatic heterocycles. The van der Waals surface area contributed by atoms with Crippen LogP contribution in [0.2, 0.25) is 0 Å². The number of carbonyl (C=O) groups excluding carboxylic acids is 1. The predicted molar refractivity (Wildman–Crippen MR) is 84.4 cm³/mol. The summed E-state index contributed by atoms with van der Waals surface area (Å²) in [5, 5.41) is 0. The number of rotatable bonds is 6. The van der Waals surface area contributed by atoms with Crippen LogP contribution < -0.4 is 4.74 Å². The number of hydrogen-bond donors (Lipinski definition) is 0. The normalized spacial score (nSPS) is 10.3. The molecule has 0 fully saturated rings. The Labute approximate surface area is 130 Å². The van der Waals surface area contributed by atoms with Crippen molar-refractivity contribution in [2.45, 2.75) is 13.3 Å². The van der Waals surface area contributed by atoms with Crippen molar-refractivity contribution in [3.8, 4) is 5.75 Å². The molecule has 1 amide bonds. The second-order valence-corrected chi connectivity index (χ2v) is 5.20. The highest BCUT2D eigenvalue weighted by Crippen LogP contribution is 2.16.